The lowest BCUT2D eigenvalue weighted by atomic mass is 10.2. The Balaban J connectivity index is 1.40. The Bertz CT molecular complexity index is 1090. The van der Waals surface area contributed by atoms with Crippen LogP contribution in [-0.2, 0) is 6.61 Å². The van der Waals surface area contributed by atoms with Gasteiger partial charge in [0.2, 0.25) is 0 Å². The minimum atomic E-state index is -0.214. The smallest absolute Gasteiger partial charge is 0.255 e. The lowest BCUT2D eigenvalue weighted by Gasteiger charge is -2.12. The normalized spacial score (nSPS) is 10.3. The molecular formula is C26H21NO3. The third kappa shape index (κ3) is 5.06. The first-order valence-electron chi connectivity index (χ1n) is 9.68. The zero-order valence-electron chi connectivity index (χ0n) is 16.3. The molecule has 1 N–H and O–H groups in total. The summed E-state index contributed by atoms with van der Waals surface area (Å²) in [7, 11) is 0. The van der Waals surface area contributed by atoms with Crippen LogP contribution in [0.5, 0.6) is 17.2 Å². The van der Waals surface area contributed by atoms with Gasteiger partial charge in [-0.3, -0.25) is 4.79 Å². The topological polar surface area (TPSA) is 47.6 Å². The molecule has 0 aliphatic carbocycles. The SMILES string of the molecule is O=C(Nc1ccccc1Oc1ccccc1)c1ccc(OCc2ccccc2)cc1. The quantitative estimate of drug-likeness (QED) is 0.399. The maximum atomic E-state index is 12.7. The molecule has 0 saturated carbocycles. The van der Waals surface area contributed by atoms with Gasteiger partial charge in [0.1, 0.15) is 18.1 Å². The first-order chi connectivity index (χ1) is 14.8. The molecule has 0 radical (unpaired) electrons. The van der Waals surface area contributed by atoms with Crippen LogP contribution in [0.15, 0.2) is 109 Å². The maximum absolute atomic E-state index is 12.7. The van der Waals surface area contributed by atoms with E-state index in [0.717, 1.165) is 5.56 Å². The predicted molar refractivity (Wildman–Crippen MR) is 118 cm³/mol. The Morgan fingerprint density at radius 1 is 0.667 bits per heavy atom. The van der Waals surface area contributed by atoms with Gasteiger partial charge < -0.3 is 14.8 Å². The van der Waals surface area contributed by atoms with Crippen molar-refractivity contribution in [2.45, 2.75) is 6.61 Å². The molecule has 0 spiro atoms. The molecule has 0 heterocycles. The lowest BCUT2D eigenvalue weighted by molar-refractivity contribution is 0.102. The van der Waals surface area contributed by atoms with E-state index in [1.54, 1.807) is 24.3 Å². The molecule has 0 aliphatic heterocycles. The molecule has 0 fully saturated rings. The minimum Gasteiger partial charge on any atom is -0.489 e. The fourth-order valence-electron chi connectivity index (χ4n) is 2.91. The van der Waals surface area contributed by atoms with E-state index >= 15 is 0 Å². The van der Waals surface area contributed by atoms with Gasteiger partial charge in [-0.2, -0.15) is 0 Å². The highest BCUT2D eigenvalue weighted by atomic mass is 16.5. The van der Waals surface area contributed by atoms with Crippen LogP contribution < -0.4 is 14.8 Å². The van der Waals surface area contributed by atoms with Crippen molar-refractivity contribution >= 4 is 11.6 Å². The highest BCUT2D eigenvalue weighted by Gasteiger charge is 2.11. The number of carbonyl (C=O) groups is 1. The van der Waals surface area contributed by atoms with Gasteiger partial charge in [-0.05, 0) is 54.1 Å². The monoisotopic (exact) mass is 395 g/mol. The highest BCUT2D eigenvalue weighted by Crippen LogP contribution is 2.29. The van der Waals surface area contributed by atoms with Crippen LogP contribution >= 0.6 is 0 Å². The van der Waals surface area contributed by atoms with Crippen molar-refractivity contribution in [3.63, 3.8) is 0 Å². The summed E-state index contributed by atoms with van der Waals surface area (Å²) < 4.78 is 11.7. The van der Waals surface area contributed by atoms with Gasteiger partial charge in [0, 0.05) is 5.56 Å². The largest absolute Gasteiger partial charge is 0.489 e. The first-order valence-corrected chi connectivity index (χ1v) is 9.68. The zero-order chi connectivity index (χ0) is 20.6. The number of carbonyl (C=O) groups excluding carboxylic acids is 1. The van der Waals surface area contributed by atoms with Crippen molar-refractivity contribution in [1.82, 2.24) is 0 Å². The standard InChI is InChI=1S/C26H21NO3/c28-26(21-15-17-22(18-16-21)29-19-20-9-3-1-4-10-20)27-24-13-7-8-14-25(24)30-23-11-5-2-6-12-23/h1-18H,19H2,(H,27,28). The maximum Gasteiger partial charge on any atom is 0.255 e. The average molecular weight is 395 g/mol. The van der Waals surface area contributed by atoms with E-state index in [0.29, 0.717) is 35.1 Å². The molecule has 1 amide bonds. The Kier molecular flexibility index (Phi) is 6.06. The molecule has 4 rings (SSSR count). The molecule has 30 heavy (non-hydrogen) atoms. The van der Waals surface area contributed by atoms with Crippen LogP contribution in [0.3, 0.4) is 0 Å². The summed E-state index contributed by atoms with van der Waals surface area (Å²) in [6.07, 6.45) is 0. The summed E-state index contributed by atoms with van der Waals surface area (Å²) >= 11 is 0. The van der Waals surface area contributed by atoms with Crippen molar-refractivity contribution in [3.05, 3.63) is 120 Å². The number of amides is 1. The number of anilines is 1. The van der Waals surface area contributed by atoms with Crippen LogP contribution in [0.25, 0.3) is 0 Å². The van der Waals surface area contributed by atoms with Gasteiger partial charge in [-0.15, -0.1) is 0 Å². The van der Waals surface area contributed by atoms with Gasteiger partial charge in [0.05, 0.1) is 5.69 Å². The number of hydrogen-bond donors (Lipinski definition) is 1. The Morgan fingerprint density at radius 2 is 1.30 bits per heavy atom. The molecule has 0 atom stereocenters. The van der Waals surface area contributed by atoms with Crippen LogP contribution in [0, 0.1) is 0 Å². The van der Waals surface area contributed by atoms with Gasteiger partial charge in [0.15, 0.2) is 5.75 Å². The molecule has 4 aromatic rings. The second-order valence-corrected chi connectivity index (χ2v) is 6.66. The van der Waals surface area contributed by atoms with E-state index in [-0.39, 0.29) is 5.91 Å². The average Bonchev–Trinajstić information content (AvgIpc) is 2.81. The Morgan fingerprint density at radius 3 is 2.03 bits per heavy atom. The predicted octanol–water partition coefficient (Wildman–Crippen LogP) is 6.31. The molecule has 0 bridgehead atoms. The summed E-state index contributed by atoms with van der Waals surface area (Å²) in [6.45, 7) is 0.483. The van der Waals surface area contributed by atoms with Crippen molar-refractivity contribution in [3.8, 4) is 17.2 Å². The second-order valence-electron chi connectivity index (χ2n) is 6.66. The molecule has 148 valence electrons. The summed E-state index contributed by atoms with van der Waals surface area (Å²) in [5.41, 5.74) is 2.24. The van der Waals surface area contributed by atoms with Crippen LogP contribution in [0.1, 0.15) is 15.9 Å². The lowest BCUT2D eigenvalue weighted by Crippen LogP contribution is -2.12. The number of benzene rings is 4. The van der Waals surface area contributed by atoms with E-state index in [9.17, 15) is 4.79 Å². The van der Waals surface area contributed by atoms with E-state index in [1.165, 1.54) is 0 Å². The van der Waals surface area contributed by atoms with E-state index in [2.05, 4.69) is 5.32 Å². The van der Waals surface area contributed by atoms with Crippen molar-refractivity contribution in [1.29, 1.82) is 0 Å². The fraction of sp³-hybridized carbons (Fsp3) is 0.0385. The second kappa shape index (κ2) is 9.43. The fourth-order valence-corrected chi connectivity index (χ4v) is 2.91. The Labute approximate surface area is 175 Å². The molecule has 0 unspecified atom stereocenters. The number of para-hydroxylation sites is 3. The number of rotatable bonds is 7. The first kappa shape index (κ1) is 19.3. The van der Waals surface area contributed by atoms with Gasteiger partial charge in [-0.25, -0.2) is 0 Å². The third-order valence-electron chi connectivity index (χ3n) is 4.47. The van der Waals surface area contributed by atoms with E-state index in [1.807, 2.05) is 84.9 Å². The van der Waals surface area contributed by atoms with E-state index < -0.39 is 0 Å². The summed E-state index contributed by atoms with van der Waals surface area (Å²) in [5.74, 6) is 1.79. The van der Waals surface area contributed by atoms with Crippen molar-refractivity contribution in [2.24, 2.45) is 0 Å². The Hall–Kier alpha value is -4.05. The molecule has 0 aliphatic rings. The molecule has 0 saturated heterocycles. The highest BCUT2D eigenvalue weighted by molar-refractivity contribution is 6.05. The van der Waals surface area contributed by atoms with Crippen LogP contribution in [-0.4, -0.2) is 5.91 Å². The summed E-state index contributed by atoms with van der Waals surface area (Å²) in [5, 5.41) is 2.92. The molecule has 4 nitrogen and oxygen atoms in total. The number of ether oxygens (including phenoxy) is 2. The number of nitrogens with one attached hydrogen (secondary N) is 1. The zero-order valence-corrected chi connectivity index (χ0v) is 16.3. The van der Waals surface area contributed by atoms with Gasteiger partial charge >= 0.3 is 0 Å². The summed E-state index contributed by atoms with van der Waals surface area (Å²) in [6, 6.07) is 33.9. The molecule has 0 aromatic heterocycles. The summed E-state index contributed by atoms with van der Waals surface area (Å²) in [4.78, 5) is 12.7. The van der Waals surface area contributed by atoms with Gasteiger partial charge in [0.25, 0.3) is 5.91 Å². The molecular weight excluding hydrogens is 374 g/mol. The minimum absolute atomic E-state index is 0.214. The van der Waals surface area contributed by atoms with Crippen LogP contribution in [0.2, 0.25) is 0 Å². The van der Waals surface area contributed by atoms with Crippen molar-refractivity contribution in [2.75, 3.05) is 5.32 Å². The molecule has 4 heteroatoms. The van der Waals surface area contributed by atoms with Crippen molar-refractivity contribution < 1.29 is 14.3 Å². The third-order valence-corrected chi connectivity index (χ3v) is 4.47. The van der Waals surface area contributed by atoms with Gasteiger partial charge in [-0.1, -0.05) is 60.7 Å². The van der Waals surface area contributed by atoms with E-state index in [4.69, 9.17) is 9.47 Å². The van der Waals surface area contributed by atoms with Crippen LogP contribution in [0.4, 0.5) is 5.69 Å². The molecule has 4 aromatic carbocycles. The number of hydrogen-bond acceptors (Lipinski definition) is 3.